The van der Waals surface area contributed by atoms with E-state index < -0.39 is 34.5 Å². The van der Waals surface area contributed by atoms with Crippen LogP contribution in [0, 0.1) is 6.92 Å². The van der Waals surface area contributed by atoms with Gasteiger partial charge in [0.1, 0.15) is 17.0 Å². The van der Waals surface area contributed by atoms with Gasteiger partial charge in [-0.3, -0.25) is 0 Å². The molecule has 0 fully saturated rings. The molecule has 20 heavy (non-hydrogen) atoms. The Bertz CT molecular complexity index is 679. The molecule has 0 saturated heterocycles. The van der Waals surface area contributed by atoms with Gasteiger partial charge in [-0.2, -0.15) is 13.2 Å². The lowest BCUT2D eigenvalue weighted by Crippen LogP contribution is -2.09. The van der Waals surface area contributed by atoms with Gasteiger partial charge in [-0.15, -0.1) is 0 Å². The largest absolute Gasteiger partial charge is 0.477 e. The molecule has 1 heterocycles. The van der Waals surface area contributed by atoms with Crippen LogP contribution in [0.2, 0.25) is 5.02 Å². The van der Waals surface area contributed by atoms with Crippen molar-refractivity contribution in [2.75, 3.05) is 0 Å². The van der Waals surface area contributed by atoms with Gasteiger partial charge in [-0.05, 0) is 19.1 Å². The summed E-state index contributed by atoms with van der Waals surface area (Å²) >= 11 is 5.78. The number of aromatic nitrogens is 1. The average Bonchev–Trinajstić information content (AvgIpc) is 2.69. The minimum Gasteiger partial charge on any atom is -0.477 e. The fraction of sp³-hybridized carbons (Fsp3) is 0.167. The first-order valence-electron chi connectivity index (χ1n) is 5.29. The molecule has 8 heteroatoms. The average molecular weight is 306 g/mol. The number of carbonyl (C=O) groups is 1. The highest BCUT2D eigenvalue weighted by atomic mass is 35.5. The van der Waals surface area contributed by atoms with E-state index in [-0.39, 0.29) is 10.8 Å². The maximum atomic E-state index is 13.0. The minimum atomic E-state index is -4.69. The number of alkyl halides is 3. The summed E-state index contributed by atoms with van der Waals surface area (Å²) in [6, 6.07) is 3.15. The Morgan fingerprint density at radius 1 is 1.40 bits per heavy atom. The van der Waals surface area contributed by atoms with E-state index in [9.17, 15) is 18.0 Å². The number of benzene rings is 1. The molecule has 0 unspecified atom stereocenters. The van der Waals surface area contributed by atoms with E-state index in [0.717, 1.165) is 12.1 Å². The molecular formula is C12H7ClF3NO3. The monoisotopic (exact) mass is 305 g/mol. The van der Waals surface area contributed by atoms with Crippen molar-refractivity contribution >= 4 is 17.6 Å². The van der Waals surface area contributed by atoms with Crippen molar-refractivity contribution in [3.63, 3.8) is 0 Å². The fourth-order valence-corrected chi connectivity index (χ4v) is 2.06. The highest BCUT2D eigenvalue weighted by Gasteiger charge is 2.37. The second-order valence-corrected chi connectivity index (χ2v) is 4.33. The van der Waals surface area contributed by atoms with E-state index in [2.05, 4.69) is 9.68 Å². The van der Waals surface area contributed by atoms with E-state index in [1.54, 1.807) is 0 Å². The zero-order valence-corrected chi connectivity index (χ0v) is 10.7. The summed E-state index contributed by atoms with van der Waals surface area (Å²) in [5, 5.41) is 12.2. The standard InChI is InChI=1S/C12H7ClF3NO3/c1-5-8(11(18)19)10(17-20-5)9-6(12(14,15)16)3-2-4-7(9)13/h2-4H,1H3,(H,18,19). The Hall–Kier alpha value is -2.02. The molecule has 4 nitrogen and oxygen atoms in total. The van der Waals surface area contributed by atoms with Gasteiger partial charge < -0.3 is 9.63 Å². The van der Waals surface area contributed by atoms with Gasteiger partial charge in [0.15, 0.2) is 0 Å². The van der Waals surface area contributed by atoms with Gasteiger partial charge in [-0.25, -0.2) is 4.79 Å². The molecule has 0 bridgehead atoms. The topological polar surface area (TPSA) is 63.3 Å². The van der Waals surface area contributed by atoms with Gasteiger partial charge in [-0.1, -0.05) is 22.8 Å². The maximum Gasteiger partial charge on any atom is 0.417 e. The predicted octanol–water partition coefficient (Wildman–Crippen LogP) is 4.02. The number of halogens is 4. The van der Waals surface area contributed by atoms with E-state index in [1.807, 2.05) is 0 Å². The van der Waals surface area contributed by atoms with Crippen LogP contribution in [0.15, 0.2) is 22.7 Å². The number of hydrogen-bond acceptors (Lipinski definition) is 3. The smallest absolute Gasteiger partial charge is 0.417 e. The predicted molar refractivity (Wildman–Crippen MR) is 63.6 cm³/mol. The zero-order valence-electron chi connectivity index (χ0n) is 9.95. The molecule has 0 atom stereocenters. The van der Waals surface area contributed by atoms with Crippen LogP contribution in [0.1, 0.15) is 21.7 Å². The third kappa shape index (κ3) is 2.36. The summed E-state index contributed by atoms with van der Waals surface area (Å²) < 4.78 is 43.6. The molecule has 0 aliphatic rings. The molecule has 0 amide bonds. The lowest BCUT2D eigenvalue weighted by atomic mass is 10.00. The highest BCUT2D eigenvalue weighted by Crippen LogP contribution is 2.41. The van der Waals surface area contributed by atoms with Gasteiger partial charge in [0.05, 0.1) is 10.6 Å². The Balaban J connectivity index is 2.80. The number of rotatable bonds is 2. The van der Waals surface area contributed by atoms with Crippen LogP contribution in [0.3, 0.4) is 0 Å². The number of carboxylic acid groups (broad SMARTS) is 1. The number of nitrogens with zero attached hydrogens (tertiary/aromatic N) is 1. The van der Waals surface area contributed by atoms with Crippen molar-refractivity contribution in [1.82, 2.24) is 5.16 Å². The van der Waals surface area contributed by atoms with Crippen LogP contribution in [-0.4, -0.2) is 16.2 Å². The van der Waals surface area contributed by atoms with E-state index in [0.29, 0.717) is 0 Å². The molecular weight excluding hydrogens is 299 g/mol. The summed E-state index contributed by atoms with van der Waals surface area (Å²) in [6.45, 7) is 1.30. The normalized spacial score (nSPS) is 11.7. The molecule has 0 radical (unpaired) electrons. The van der Waals surface area contributed by atoms with Crippen LogP contribution in [0.4, 0.5) is 13.2 Å². The summed E-state index contributed by atoms with van der Waals surface area (Å²) in [4.78, 5) is 11.1. The number of hydrogen-bond donors (Lipinski definition) is 1. The lowest BCUT2D eigenvalue weighted by Gasteiger charge is -2.12. The van der Waals surface area contributed by atoms with Gasteiger partial charge in [0.25, 0.3) is 0 Å². The van der Waals surface area contributed by atoms with Crippen molar-refractivity contribution in [3.8, 4) is 11.3 Å². The quantitative estimate of drug-likeness (QED) is 0.910. The summed E-state index contributed by atoms with van der Waals surface area (Å²) in [5.74, 6) is -1.53. The van der Waals surface area contributed by atoms with Crippen molar-refractivity contribution in [2.24, 2.45) is 0 Å². The molecule has 1 aromatic carbocycles. The van der Waals surface area contributed by atoms with Crippen LogP contribution < -0.4 is 0 Å². The first kappa shape index (κ1) is 14.4. The van der Waals surface area contributed by atoms with Crippen LogP contribution in [0.5, 0.6) is 0 Å². The molecule has 0 saturated carbocycles. The van der Waals surface area contributed by atoms with Crippen molar-refractivity contribution in [1.29, 1.82) is 0 Å². The molecule has 106 valence electrons. The van der Waals surface area contributed by atoms with Crippen molar-refractivity contribution < 1.29 is 27.6 Å². The molecule has 1 aromatic heterocycles. The second kappa shape index (κ2) is 4.82. The van der Waals surface area contributed by atoms with Crippen LogP contribution in [-0.2, 0) is 6.18 Å². The Morgan fingerprint density at radius 2 is 2.05 bits per heavy atom. The van der Waals surface area contributed by atoms with Crippen LogP contribution >= 0.6 is 11.6 Å². The van der Waals surface area contributed by atoms with Crippen molar-refractivity contribution in [2.45, 2.75) is 13.1 Å². The first-order chi connectivity index (χ1) is 9.23. The first-order valence-corrected chi connectivity index (χ1v) is 5.67. The number of carboxylic acids is 1. The SMILES string of the molecule is Cc1onc(-c2c(Cl)cccc2C(F)(F)F)c1C(=O)O. The molecule has 2 aromatic rings. The fourth-order valence-electron chi connectivity index (χ4n) is 1.80. The Kier molecular flexibility index (Phi) is 3.47. The molecule has 0 aliphatic heterocycles. The minimum absolute atomic E-state index is 0.0967. The van der Waals surface area contributed by atoms with Gasteiger partial charge in [0, 0.05) is 5.56 Å². The lowest BCUT2D eigenvalue weighted by molar-refractivity contribution is -0.137. The highest BCUT2D eigenvalue weighted by molar-refractivity contribution is 6.33. The van der Waals surface area contributed by atoms with E-state index in [1.165, 1.54) is 13.0 Å². The third-order valence-electron chi connectivity index (χ3n) is 2.63. The molecule has 0 aliphatic carbocycles. The van der Waals surface area contributed by atoms with Gasteiger partial charge in [0.2, 0.25) is 0 Å². The van der Waals surface area contributed by atoms with E-state index >= 15 is 0 Å². The summed E-state index contributed by atoms with van der Waals surface area (Å²) in [7, 11) is 0. The second-order valence-electron chi connectivity index (χ2n) is 3.93. The molecule has 2 rings (SSSR count). The summed E-state index contributed by atoms with van der Waals surface area (Å²) in [6.07, 6.45) is -4.69. The Morgan fingerprint density at radius 3 is 2.60 bits per heavy atom. The Labute approximate surface area is 115 Å². The maximum absolute atomic E-state index is 13.0. The number of aryl methyl sites for hydroxylation is 1. The van der Waals surface area contributed by atoms with Crippen molar-refractivity contribution in [3.05, 3.63) is 40.1 Å². The third-order valence-corrected chi connectivity index (χ3v) is 2.95. The summed E-state index contributed by atoms with van der Waals surface area (Å²) in [5.41, 5.74) is -2.45. The molecule has 0 spiro atoms. The zero-order chi connectivity index (χ0) is 15.1. The molecule has 1 N–H and O–H groups in total. The van der Waals surface area contributed by atoms with Gasteiger partial charge >= 0.3 is 12.1 Å². The van der Waals surface area contributed by atoms with E-state index in [4.69, 9.17) is 16.7 Å². The van der Waals surface area contributed by atoms with Crippen LogP contribution in [0.25, 0.3) is 11.3 Å². The number of aromatic carboxylic acids is 1.